The predicted octanol–water partition coefficient (Wildman–Crippen LogP) is 2.41. The van der Waals surface area contributed by atoms with E-state index >= 15 is 0 Å². The van der Waals surface area contributed by atoms with Crippen LogP contribution in [0, 0.1) is 0 Å². The second-order valence-electron chi connectivity index (χ2n) is 8.00. The highest BCUT2D eigenvalue weighted by Crippen LogP contribution is 2.29. The Morgan fingerprint density at radius 1 is 1.21 bits per heavy atom. The van der Waals surface area contributed by atoms with E-state index in [1.807, 2.05) is 6.92 Å². The predicted molar refractivity (Wildman–Crippen MR) is 127 cm³/mol. The standard InChI is InChI=1S/C19H28ClN3O3.C4H4O4/c1-2-25-18-11-17(21)16(20)10-15(18)19(24)22-13-5-7-23(8-6-13)12-14-4-3-9-26-14;5-3(6)1-2-4(7)8/h10-11,13-14H,2-9,12,21H2,1H3,(H,22,24);1-2H,(H,5,6)(H,7,8)/b;2-1+. The molecule has 0 radical (unpaired) electrons. The fourth-order valence-electron chi connectivity index (χ4n) is 3.76. The topological polar surface area (TPSA) is 151 Å². The van der Waals surface area contributed by atoms with Crippen molar-refractivity contribution in [3.63, 3.8) is 0 Å². The second kappa shape index (κ2) is 13.8. The molecule has 1 unspecified atom stereocenters. The number of nitrogen functional groups attached to an aromatic ring is 1. The zero-order chi connectivity index (χ0) is 25.1. The van der Waals surface area contributed by atoms with Crippen molar-refractivity contribution in [1.29, 1.82) is 0 Å². The van der Waals surface area contributed by atoms with Crippen LogP contribution < -0.4 is 15.8 Å². The molecule has 2 aliphatic heterocycles. The molecule has 10 nitrogen and oxygen atoms in total. The number of rotatable bonds is 8. The molecule has 1 amide bonds. The highest BCUT2D eigenvalue weighted by molar-refractivity contribution is 6.33. The Morgan fingerprint density at radius 3 is 2.38 bits per heavy atom. The number of amides is 1. The summed E-state index contributed by atoms with van der Waals surface area (Å²) in [5.74, 6) is -2.20. The number of nitrogens with two attached hydrogens (primary N) is 1. The number of carbonyl (C=O) groups excluding carboxylic acids is 1. The number of nitrogens with one attached hydrogen (secondary N) is 1. The van der Waals surface area contributed by atoms with Gasteiger partial charge < -0.3 is 35.6 Å². The Morgan fingerprint density at radius 2 is 1.85 bits per heavy atom. The number of benzene rings is 1. The molecule has 0 saturated carbocycles. The van der Waals surface area contributed by atoms with E-state index in [1.165, 1.54) is 6.42 Å². The zero-order valence-corrected chi connectivity index (χ0v) is 19.9. The molecule has 0 aliphatic carbocycles. The minimum Gasteiger partial charge on any atom is -0.493 e. The molecule has 11 heteroatoms. The van der Waals surface area contributed by atoms with Crippen molar-refractivity contribution in [3.05, 3.63) is 34.9 Å². The van der Waals surface area contributed by atoms with Crippen LogP contribution in [0.4, 0.5) is 5.69 Å². The van der Waals surface area contributed by atoms with Crippen molar-refractivity contribution < 1.29 is 34.1 Å². The summed E-state index contributed by atoms with van der Waals surface area (Å²) in [6.45, 7) is 6.18. The van der Waals surface area contributed by atoms with E-state index in [-0.39, 0.29) is 11.9 Å². The third-order valence-corrected chi connectivity index (χ3v) is 5.75. The third kappa shape index (κ3) is 9.20. The number of hydrogen-bond acceptors (Lipinski definition) is 7. The average Bonchev–Trinajstić information content (AvgIpc) is 3.29. The lowest BCUT2D eigenvalue weighted by Crippen LogP contribution is -2.46. The Bertz CT molecular complexity index is 864. The van der Waals surface area contributed by atoms with E-state index in [0.717, 1.165) is 45.5 Å². The Labute approximate surface area is 203 Å². The summed E-state index contributed by atoms with van der Waals surface area (Å²) >= 11 is 6.09. The van der Waals surface area contributed by atoms with Crippen molar-refractivity contribution in [2.24, 2.45) is 0 Å². The lowest BCUT2D eigenvalue weighted by molar-refractivity contribution is -0.134. The molecular formula is C23H32ClN3O7. The van der Waals surface area contributed by atoms with Gasteiger partial charge in [-0.3, -0.25) is 4.79 Å². The maximum Gasteiger partial charge on any atom is 0.328 e. The van der Waals surface area contributed by atoms with Crippen LogP contribution in [0.3, 0.4) is 0 Å². The Balaban J connectivity index is 0.000000440. The van der Waals surface area contributed by atoms with E-state index in [9.17, 15) is 14.4 Å². The summed E-state index contributed by atoms with van der Waals surface area (Å²) < 4.78 is 11.3. The van der Waals surface area contributed by atoms with Crippen LogP contribution in [0.1, 0.15) is 43.0 Å². The minimum absolute atomic E-state index is 0.159. The average molecular weight is 498 g/mol. The molecule has 2 aliphatic rings. The van der Waals surface area contributed by atoms with Crippen LogP contribution in [0.2, 0.25) is 5.02 Å². The van der Waals surface area contributed by atoms with Gasteiger partial charge in [-0.2, -0.15) is 0 Å². The molecule has 0 spiro atoms. The molecule has 0 aromatic heterocycles. The maximum atomic E-state index is 12.7. The number of likely N-dealkylation sites (tertiary alicyclic amines) is 1. The number of carboxylic acids is 2. The smallest absolute Gasteiger partial charge is 0.328 e. The zero-order valence-electron chi connectivity index (χ0n) is 19.2. The molecular weight excluding hydrogens is 466 g/mol. The SMILES string of the molecule is CCOc1cc(N)c(Cl)cc1C(=O)NC1CCN(CC2CCCO2)CC1.O=C(O)/C=C/C(=O)O. The number of hydrogen-bond donors (Lipinski definition) is 4. The molecule has 2 saturated heterocycles. The number of anilines is 1. The van der Waals surface area contributed by atoms with Crippen molar-refractivity contribution in [3.8, 4) is 5.75 Å². The van der Waals surface area contributed by atoms with Crippen LogP contribution in [-0.2, 0) is 14.3 Å². The van der Waals surface area contributed by atoms with Gasteiger partial charge in [-0.05, 0) is 38.7 Å². The van der Waals surface area contributed by atoms with Gasteiger partial charge in [-0.15, -0.1) is 0 Å². The van der Waals surface area contributed by atoms with Crippen LogP contribution in [-0.4, -0.2) is 78.0 Å². The molecule has 2 heterocycles. The molecule has 1 aromatic carbocycles. The largest absolute Gasteiger partial charge is 0.493 e. The molecule has 34 heavy (non-hydrogen) atoms. The molecule has 3 rings (SSSR count). The van der Waals surface area contributed by atoms with Gasteiger partial charge in [0, 0.05) is 50.5 Å². The monoisotopic (exact) mass is 497 g/mol. The van der Waals surface area contributed by atoms with Crippen LogP contribution in [0.15, 0.2) is 24.3 Å². The highest BCUT2D eigenvalue weighted by atomic mass is 35.5. The fourth-order valence-corrected chi connectivity index (χ4v) is 3.93. The normalized spacial score (nSPS) is 18.8. The van der Waals surface area contributed by atoms with Crippen molar-refractivity contribution >= 4 is 35.1 Å². The summed E-state index contributed by atoms with van der Waals surface area (Å²) in [5.41, 5.74) is 6.68. The molecule has 188 valence electrons. The number of aliphatic carboxylic acids is 2. The molecule has 1 atom stereocenters. The number of piperidine rings is 1. The number of nitrogens with zero attached hydrogens (tertiary/aromatic N) is 1. The molecule has 2 fully saturated rings. The van der Waals surface area contributed by atoms with Crippen LogP contribution in [0.25, 0.3) is 0 Å². The number of carboxylic acid groups (broad SMARTS) is 2. The second-order valence-corrected chi connectivity index (χ2v) is 8.40. The quantitative estimate of drug-likeness (QED) is 0.313. The van der Waals surface area contributed by atoms with Gasteiger partial charge in [0.25, 0.3) is 5.91 Å². The summed E-state index contributed by atoms with van der Waals surface area (Å²) in [4.78, 5) is 34.3. The first kappa shape index (κ1) is 27.4. The first-order valence-electron chi connectivity index (χ1n) is 11.2. The number of halogens is 1. The van der Waals surface area contributed by atoms with Crippen molar-refractivity contribution in [2.45, 2.75) is 44.8 Å². The molecule has 5 N–H and O–H groups in total. The van der Waals surface area contributed by atoms with Gasteiger partial charge in [-0.1, -0.05) is 11.6 Å². The van der Waals surface area contributed by atoms with Crippen LogP contribution >= 0.6 is 11.6 Å². The van der Waals surface area contributed by atoms with Gasteiger partial charge in [0.2, 0.25) is 0 Å². The van der Waals surface area contributed by atoms with E-state index in [0.29, 0.717) is 46.9 Å². The maximum absolute atomic E-state index is 12.7. The van der Waals surface area contributed by atoms with E-state index < -0.39 is 11.9 Å². The van der Waals surface area contributed by atoms with Gasteiger partial charge in [0.1, 0.15) is 5.75 Å². The molecule has 1 aromatic rings. The highest BCUT2D eigenvalue weighted by Gasteiger charge is 2.26. The van der Waals surface area contributed by atoms with Gasteiger partial charge in [-0.25, -0.2) is 9.59 Å². The number of ether oxygens (including phenoxy) is 2. The lowest BCUT2D eigenvalue weighted by atomic mass is 10.0. The van der Waals surface area contributed by atoms with E-state index in [4.69, 9.17) is 37.0 Å². The van der Waals surface area contributed by atoms with Crippen molar-refractivity contribution in [2.75, 3.05) is 38.6 Å². The Kier molecular flexibility index (Phi) is 11.1. The van der Waals surface area contributed by atoms with E-state index in [2.05, 4.69) is 10.2 Å². The lowest BCUT2D eigenvalue weighted by Gasteiger charge is -2.33. The summed E-state index contributed by atoms with van der Waals surface area (Å²) in [6, 6.07) is 3.36. The Hall–Kier alpha value is -2.82. The number of carbonyl (C=O) groups is 3. The van der Waals surface area contributed by atoms with Gasteiger partial charge in [0.15, 0.2) is 0 Å². The third-order valence-electron chi connectivity index (χ3n) is 5.42. The molecule has 0 bridgehead atoms. The minimum atomic E-state index is -1.26. The summed E-state index contributed by atoms with van der Waals surface area (Å²) in [5, 5.41) is 19.1. The van der Waals surface area contributed by atoms with Gasteiger partial charge >= 0.3 is 11.9 Å². The van der Waals surface area contributed by atoms with Gasteiger partial charge in [0.05, 0.1) is 29.0 Å². The summed E-state index contributed by atoms with van der Waals surface area (Å²) in [7, 11) is 0. The fraction of sp³-hybridized carbons (Fsp3) is 0.522. The van der Waals surface area contributed by atoms with E-state index in [1.54, 1.807) is 12.1 Å². The first-order valence-corrected chi connectivity index (χ1v) is 11.6. The van der Waals surface area contributed by atoms with Crippen molar-refractivity contribution in [1.82, 2.24) is 10.2 Å². The van der Waals surface area contributed by atoms with Crippen LogP contribution in [0.5, 0.6) is 5.75 Å². The first-order chi connectivity index (χ1) is 16.2. The summed E-state index contributed by atoms with van der Waals surface area (Å²) in [6.07, 6.45) is 5.70.